The highest BCUT2D eigenvalue weighted by Gasteiger charge is 2.20. The number of carbonyl (C=O) groups is 1. The Morgan fingerprint density at radius 1 is 1.56 bits per heavy atom. The fourth-order valence-corrected chi connectivity index (χ4v) is 2.46. The van der Waals surface area contributed by atoms with Crippen LogP contribution in [0.2, 0.25) is 0 Å². The van der Waals surface area contributed by atoms with Crippen LogP contribution < -0.4 is 5.32 Å². The minimum Gasteiger partial charge on any atom is -0.466 e. The molecule has 1 rings (SSSR count). The van der Waals surface area contributed by atoms with Gasteiger partial charge in [-0.1, -0.05) is 26.0 Å². The van der Waals surface area contributed by atoms with E-state index in [1.165, 1.54) is 12.0 Å². The van der Waals surface area contributed by atoms with Crippen molar-refractivity contribution in [1.82, 2.24) is 5.32 Å². The summed E-state index contributed by atoms with van der Waals surface area (Å²) in [6.45, 7) is 7.73. The second-order valence-electron chi connectivity index (χ2n) is 4.87. The number of rotatable bonds is 6. The Labute approximate surface area is 113 Å². The molecule has 0 amide bonds. The highest BCUT2D eigenvalue weighted by atomic mass is 32.1. The molecule has 0 bridgehead atoms. The van der Waals surface area contributed by atoms with Crippen LogP contribution in [0.3, 0.4) is 0 Å². The van der Waals surface area contributed by atoms with Gasteiger partial charge in [0.2, 0.25) is 0 Å². The monoisotopic (exact) mass is 267 g/mol. The van der Waals surface area contributed by atoms with E-state index in [4.69, 9.17) is 0 Å². The van der Waals surface area contributed by atoms with Crippen LogP contribution in [0.15, 0.2) is 29.2 Å². The second kappa shape index (κ2) is 6.71. The third-order valence-corrected chi connectivity index (χ3v) is 4.05. The van der Waals surface area contributed by atoms with E-state index in [-0.39, 0.29) is 11.4 Å². The summed E-state index contributed by atoms with van der Waals surface area (Å²) in [6.07, 6.45) is 1.86. The maximum absolute atomic E-state index is 11.2. The molecule has 0 aromatic carbocycles. The number of hydrogen-bond donors (Lipinski definition) is 1. The Kier molecular flexibility index (Phi) is 5.56. The molecule has 0 aliphatic carbocycles. The van der Waals surface area contributed by atoms with Gasteiger partial charge in [-0.2, -0.15) is 0 Å². The highest BCUT2D eigenvalue weighted by molar-refractivity contribution is 7.10. The summed E-state index contributed by atoms with van der Waals surface area (Å²) < 4.78 is 4.64. The van der Waals surface area contributed by atoms with Crippen molar-refractivity contribution in [3.63, 3.8) is 0 Å². The first-order chi connectivity index (χ1) is 8.47. The van der Waals surface area contributed by atoms with Crippen molar-refractivity contribution in [3.05, 3.63) is 34.0 Å². The van der Waals surface area contributed by atoms with Gasteiger partial charge < -0.3 is 10.1 Å². The molecule has 0 spiro atoms. The lowest BCUT2D eigenvalue weighted by molar-refractivity contribution is -0.136. The van der Waals surface area contributed by atoms with Crippen molar-refractivity contribution in [1.29, 1.82) is 0 Å². The lowest BCUT2D eigenvalue weighted by Crippen LogP contribution is -2.32. The molecule has 0 saturated carbocycles. The Morgan fingerprint density at radius 2 is 2.28 bits per heavy atom. The quantitative estimate of drug-likeness (QED) is 0.489. The van der Waals surface area contributed by atoms with E-state index in [2.05, 4.69) is 41.4 Å². The molecule has 1 aromatic rings. The maximum Gasteiger partial charge on any atom is 0.333 e. The van der Waals surface area contributed by atoms with E-state index in [1.54, 1.807) is 18.3 Å². The van der Waals surface area contributed by atoms with Crippen LogP contribution in [0.5, 0.6) is 0 Å². The van der Waals surface area contributed by atoms with E-state index in [0.717, 1.165) is 6.54 Å². The topological polar surface area (TPSA) is 38.3 Å². The Hall–Kier alpha value is -1.13. The Morgan fingerprint density at radius 3 is 2.83 bits per heavy atom. The van der Waals surface area contributed by atoms with E-state index in [0.29, 0.717) is 12.1 Å². The van der Waals surface area contributed by atoms with E-state index >= 15 is 0 Å². The van der Waals surface area contributed by atoms with Gasteiger partial charge in [-0.05, 0) is 18.4 Å². The summed E-state index contributed by atoms with van der Waals surface area (Å²) in [4.78, 5) is 12.5. The van der Waals surface area contributed by atoms with Gasteiger partial charge in [0.1, 0.15) is 0 Å². The van der Waals surface area contributed by atoms with Crippen molar-refractivity contribution in [2.45, 2.75) is 26.2 Å². The molecule has 0 atom stereocenters. The van der Waals surface area contributed by atoms with Gasteiger partial charge in [-0.25, -0.2) is 4.79 Å². The number of ether oxygens (including phenoxy) is 1. The minimum absolute atomic E-state index is 0.112. The van der Waals surface area contributed by atoms with E-state index < -0.39 is 0 Å². The van der Waals surface area contributed by atoms with Gasteiger partial charge in [0.05, 0.1) is 7.11 Å². The van der Waals surface area contributed by atoms with Gasteiger partial charge in [0.15, 0.2) is 0 Å². The summed E-state index contributed by atoms with van der Waals surface area (Å²) in [5, 5.41) is 5.44. The van der Waals surface area contributed by atoms with Gasteiger partial charge in [0.25, 0.3) is 0 Å². The first kappa shape index (κ1) is 14.9. The lowest BCUT2D eigenvalue weighted by atomic mass is 9.91. The average molecular weight is 267 g/mol. The molecule has 18 heavy (non-hydrogen) atoms. The van der Waals surface area contributed by atoms with Crippen LogP contribution in [0.1, 0.15) is 25.6 Å². The van der Waals surface area contributed by atoms with Crippen molar-refractivity contribution in [2.75, 3.05) is 20.2 Å². The molecule has 0 unspecified atom stereocenters. The van der Waals surface area contributed by atoms with Crippen molar-refractivity contribution in [2.24, 2.45) is 0 Å². The smallest absolute Gasteiger partial charge is 0.333 e. The normalized spacial score (nSPS) is 12.6. The number of thiophene rings is 1. The minimum atomic E-state index is -0.269. The van der Waals surface area contributed by atoms with E-state index in [9.17, 15) is 4.79 Å². The molecule has 1 N–H and O–H groups in total. The standard InChI is InChI=1S/C14H21NO2S/c1-11(13(16)17-4)7-8-15-10-14(2,3)12-6-5-9-18-12/h5-7,9,15H,8,10H2,1-4H3/b11-7+. The maximum atomic E-state index is 11.2. The van der Waals surface area contributed by atoms with Crippen LogP contribution in [-0.4, -0.2) is 26.2 Å². The summed E-state index contributed by atoms with van der Waals surface area (Å²) in [6, 6.07) is 4.23. The molecule has 0 saturated heterocycles. The van der Waals surface area contributed by atoms with Gasteiger partial charge in [-0.3, -0.25) is 0 Å². The average Bonchev–Trinajstić information content (AvgIpc) is 2.87. The largest absolute Gasteiger partial charge is 0.466 e. The van der Waals surface area contributed by atoms with Gasteiger partial charge >= 0.3 is 5.97 Å². The zero-order valence-corrected chi connectivity index (χ0v) is 12.3. The zero-order valence-electron chi connectivity index (χ0n) is 11.4. The zero-order chi connectivity index (χ0) is 13.6. The Bertz CT molecular complexity index is 407. The SMILES string of the molecule is COC(=O)/C(C)=C/CNCC(C)(C)c1cccs1. The van der Waals surface area contributed by atoms with Crippen LogP contribution in [0.25, 0.3) is 0 Å². The number of methoxy groups -OCH3 is 1. The summed E-state index contributed by atoms with van der Waals surface area (Å²) in [5.41, 5.74) is 0.750. The summed E-state index contributed by atoms with van der Waals surface area (Å²) in [7, 11) is 1.40. The first-order valence-corrected chi connectivity index (χ1v) is 6.85. The van der Waals surface area contributed by atoms with Crippen molar-refractivity contribution >= 4 is 17.3 Å². The highest BCUT2D eigenvalue weighted by Crippen LogP contribution is 2.26. The van der Waals surface area contributed by atoms with Crippen molar-refractivity contribution < 1.29 is 9.53 Å². The number of nitrogens with one attached hydrogen (secondary N) is 1. The fourth-order valence-electron chi connectivity index (χ4n) is 1.61. The fraction of sp³-hybridized carbons (Fsp3) is 0.500. The molecular weight excluding hydrogens is 246 g/mol. The predicted molar refractivity (Wildman–Crippen MR) is 76.0 cm³/mol. The predicted octanol–water partition coefficient (Wildman–Crippen LogP) is 2.73. The summed E-state index contributed by atoms with van der Waals surface area (Å²) in [5.74, 6) is -0.269. The molecule has 1 aromatic heterocycles. The van der Waals surface area contributed by atoms with Gasteiger partial charge in [-0.15, -0.1) is 11.3 Å². The number of hydrogen-bond acceptors (Lipinski definition) is 4. The molecule has 1 heterocycles. The van der Waals surface area contributed by atoms with E-state index in [1.807, 2.05) is 6.08 Å². The Balaban J connectivity index is 2.41. The third kappa shape index (κ3) is 4.27. The molecule has 3 nitrogen and oxygen atoms in total. The van der Waals surface area contributed by atoms with Crippen molar-refractivity contribution in [3.8, 4) is 0 Å². The molecular formula is C14H21NO2S. The summed E-state index contributed by atoms with van der Waals surface area (Å²) >= 11 is 1.77. The van der Waals surface area contributed by atoms with Crippen LogP contribution >= 0.6 is 11.3 Å². The molecule has 4 heteroatoms. The van der Waals surface area contributed by atoms with Gasteiger partial charge in [0, 0.05) is 29.0 Å². The van der Waals surface area contributed by atoms with Crippen LogP contribution in [-0.2, 0) is 14.9 Å². The molecule has 0 fully saturated rings. The molecule has 0 radical (unpaired) electrons. The van der Waals surface area contributed by atoms with Crippen LogP contribution in [0, 0.1) is 0 Å². The molecule has 100 valence electrons. The third-order valence-electron chi connectivity index (χ3n) is 2.82. The number of carbonyl (C=O) groups excluding carboxylic acids is 1. The number of esters is 1. The first-order valence-electron chi connectivity index (χ1n) is 5.97. The second-order valence-corrected chi connectivity index (χ2v) is 5.82. The molecule has 0 aliphatic heterocycles. The molecule has 0 aliphatic rings. The van der Waals surface area contributed by atoms with Crippen LogP contribution in [0.4, 0.5) is 0 Å². The lowest BCUT2D eigenvalue weighted by Gasteiger charge is -2.23.